The molecule has 4 aliphatic rings. The molecule has 82 heavy (non-hydrogen) atoms. The van der Waals surface area contributed by atoms with Gasteiger partial charge in [0.1, 0.15) is 23.0 Å². The van der Waals surface area contributed by atoms with Gasteiger partial charge in [-0.25, -0.2) is 0 Å². The van der Waals surface area contributed by atoms with E-state index in [-0.39, 0.29) is 136 Å². The van der Waals surface area contributed by atoms with Gasteiger partial charge in [0, 0.05) is 0 Å². The number of alkyl halides is 1. The van der Waals surface area contributed by atoms with Gasteiger partial charge in [0.15, 0.2) is 19.7 Å². The Morgan fingerprint density at radius 1 is 0.427 bits per heavy atom. The van der Waals surface area contributed by atoms with E-state index in [1.54, 1.807) is 0 Å². The van der Waals surface area contributed by atoms with Crippen molar-refractivity contribution < 1.29 is 175 Å². The summed E-state index contributed by atoms with van der Waals surface area (Å²) < 4.78 is 46.6. The van der Waals surface area contributed by atoms with Crippen LogP contribution < -0.4 is 152 Å². The molecular weight excluding hydrogens is 1140 g/mol. The zero-order valence-corrected chi connectivity index (χ0v) is 63.2. The molecule has 4 fully saturated rings. The van der Waals surface area contributed by atoms with Gasteiger partial charge in [-0.2, -0.15) is 0 Å². The van der Waals surface area contributed by atoms with Crippen LogP contribution in [0.2, 0.25) is 0 Å². The Balaban J connectivity index is 0.000000542. The van der Waals surface area contributed by atoms with Crippen LogP contribution in [0, 0.1) is 23.7 Å². The maximum Gasteiger partial charge on any atom is 1.00 e. The van der Waals surface area contributed by atoms with E-state index in [9.17, 15) is 33.8 Å². The minimum Gasteiger partial charge on any atom is -0.790 e. The standard InChI is InChI=1S/C16H23ClO.2C16H25O5P.C15H22O.4Na/c1-4-11(2)14-6-5-7-15(16(14)18-10-17)12(3)13-8-9-13;2*1-4-11(2)14-6-5-7-15(12(3)13-8-9-13)16(14)20-10-21-22(17,18)19;1-4-10(2)13-6-5-7-14(15(13)16)11(3)12-8-9-12;;;;/h5-7,11-13H,4,8-10H2,1-3H3;2*5-7,11-13H,4,8-10H2,1-3H3,(H2,17,18,19);5-7,10-12,16H,4,8-9H2,1-3H3;;;;/q;;;;4*+1/p-4/t3*11-,12-;10-,11-;;;;/m1111..../s1. The van der Waals surface area contributed by atoms with E-state index in [1.807, 2.05) is 36.4 Å². The van der Waals surface area contributed by atoms with E-state index < -0.39 is 29.2 Å². The second-order valence-electron chi connectivity index (χ2n) is 22.8. The third-order valence-corrected chi connectivity index (χ3v) is 18.2. The van der Waals surface area contributed by atoms with Gasteiger partial charge in [0.05, 0.1) is 15.6 Å². The van der Waals surface area contributed by atoms with E-state index in [0.717, 1.165) is 76.6 Å². The number of hydrogen-bond donors (Lipinski definition) is 1. The van der Waals surface area contributed by atoms with Crippen molar-refractivity contribution in [3.8, 4) is 23.0 Å². The summed E-state index contributed by atoms with van der Waals surface area (Å²) in [6.07, 6.45) is 14.3. The molecule has 0 bridgehead atoms. The van der Waals surface area contributed by atoms with Crippen LogP contribution in [0.1, 0.15) is 252 Å². The predicted molar refractivity (Wildman–Crippen MR) is 307 cm³/mol. The van der Waals surface area contributed by atoms with E-state index in [4.69, 9.17) is 25.8 Å². The quantitative estimate of drug-likeness (QED) is 0.0417. The number of phosphoric ester groups is 2. The molecule has 0 unspecified atom stereocenters. The second kappa shape index (κ2) is 39.0. The zero-order chi connectivity index (χ0) is 57.5. The van der Waals surface area contributed by atoms with Crippen molar-refractivity contribution in [2.24, 2.45) is 23.7 Å². The van der Waals surface area contributed by atoms with Gasteiger partial charge in [-0.1, -0.05) is 167 Å². The van der Waals surface area contributed by atoms with E-state index in [2.05, 4.69) is 129 Å². The topological polar surface area (TPSA) is 193 Å². The molecular formula is C63H91ClNa4O12P2. The van der Waals surface area contributed by atoms with Crippen molar-refractivity contribution in [1.29, 1.82) is 0 Å². The summed E-state index contributed by atoms with van der Waals surface area (Å²) in [5.74, 6) is 9.24. The number of phenols is 1. The maximum atomic E-state index is 10.6. The Morgan fingerprint density at radius 2 is 0.659 bits per heavy atom. The van der Waals surface area contributed by atoms with Crippen LogP contribution in [-0.2, 0) is 18.2 Å². The average Bonchev–Trinajstić information content (AvgIpc) is 4.19. The van der Waals surface area contributed by atoms with Crippen molar-refractivity contribution in [3.05, 3.63) is 117 Å². The Kier molecular flexibility index (Phi) is 38.3. The molecule has 0 radical (unpaired) electrons. The number of halogens is 1. The molecule has 0 amide bonds. The van der Waals surface area contributed by atoms with Gasteiger partial charge in [-0.3, -0.25) is 0 Å². The van der Waals surface area contributed by atoms with Crippen molar-refractivity contribution in [2.75, 3.05) is 19.7 Å². The maximum absolute atomic E-state index is 10.6. The fourth-order valence-electron chi connectivity index (χ4n) is 10.4. The first-order chi connectivity index (χ1) is 37.0. The van der Waals surface area contributed by atoms with Gasteiger partial charge in [-0.15, -0.1) is 0 Å². The van der Waals surface area contributed by atoms with E-state index in [0.29, 0.717) is 64.6 Å². The molecule has 12 nitrogen and oxygen atoms in total. The summed E-state index contributed by atoms with van der Waals surface area (Å²) in [4.78, 5) is 42.4. The first-order valence-corrected chi connectivity index (χ1v) is 32.4. The van der Waals surface area contributed by atoms with Crippen LogP contribution in [0.4, 0.5) is 0 Å². The van der Waals surface area contributed by atoms with Gasteiger partial charge in [0.25, 0.3) is 0 Å². The summed E-state index contributed by atoms with van der Waals surface area (Å²) in [5, 5.41) is 10.3. The third kappa shape index (κ3) is 25.5. The monoisotopic (exact) mass is 1230 g/mol. The Hall–Kier alpha value is 0.590. The zero-order valence-electron chi connectivity index (χ0n) is 52.7. The number of hydrogen-bond acceptors (Lipinski definition) is 12. The summed E-state index contributed by atoms with van der Waals surface area (Å²) >= 11 is 5.81. The van der Waals surface area contributed by atoms with Crippen LogP contribution in [0.5, 0.6) is 23.0 Å². The molecule has 4 aromatic rings. The predicted octanol–water partition coefficient (Wildman–Crippen LogP) is 3.51. The van der Waals surface area contributed by atoms with Crippen LogP contribution in [0.25, 0.3) is 0 Å². The molecule has 19 heteroatoms. The normalized spacial score (nSPS) is 17.5. The molecule has 4 saturated carbocycles. The second-order valence-corrected chi connectivity index (χ2v) is 25.3. The molecule has 0 aliphatic heterocycles. The molecule has 0 saturated heterocycles. The van der Waals surface area contributed by atoms with E-state index >= 15 is 0 Å². The fraction of sp³-hybridized carbons (Fsp3) is 0.619. The molecule has 436 valence electrons. The number of phosphoric acid groups is 2. The number of ether oxygens (including phenoxy) is 3. The minimum atomic E-state index is -5.02. The summed E-state index contributed by atoms with van der Waals surface area (Å²) in [6.45, 7) is 24.9. The number of aromatic hydroxyl groups is 1. The molecule has 0 spiro atoms. The van der Waals surface area contributed by atoms with Gasteiger partial charge in [-0.05, 0) is 193 Å². The Morgan fingerprint density at radius 3 is 0.915 bits per heavy atom. The molecule has 8 atom stereocenters. The van der Waals surface area contributed by atoms with Crippen molar-refractivity contribution in [2.45, 2.75) is 207 Å². The summed E-state index contributed by atoms with van der Waals surface area (Å²) in [7, 11) is -10.0. The first-order valence-electron chi connectivity index (χ1n) is 29.0. The van der Waals surface area contributed by atoms with Crippen molar-refractivity contribution in [3.63, 3.8) is 0 Å². The number of benzene rings is 4. The molecule has 4 aliphatic carbocycles. The molecule has 4 aromatic carbocycles. The van der Waals surface area contributed by atoms with Gasteiger partial charge < -0.3 is 57.1 Å². The molecule has 0 aromatic heterocycles. The Labute approximate surface area is 586 Å². The largest absolute Gasteiger partial charge is 1.00 e. The summed E-state index contributed by atoms with van der Waals surface area (Å²) in [5.41, 5.74) is 9.11. The van der Waals surface area contributed by atoms with Gasteiger partial charge in [0.2, 0.25) is 0 Å². The van der Waals surface area contributed by atoms with Crippen LogP contribution >= 0.6 is 27.2 Å². The Bertz CT molecular complexity index is 2490. The number of para-hydroxylation sites is 4. The molecule has 8 rings (SSSR count). The van der Waals surface area contributed by atoms with Crippen LogP contribution in [-0.4, -0.2) is 24.8 Å². The average molecular weight is 1230 g/mol. The van der Waals surface area contributed by atoms with Gasteiger partial charge >= 0.3 is 118 Å². The number of rotatable bonds is 26. The van der Waals surface area contributed by atoms with Crippen molar-refractivity contribution in [1.82, 2.24) is 0 Å². The molecule has 0 heterocycles. The van der Waals surface area contributed by atoms with Crippen LogP contribution in [0.3, 0.4) is 0 Å². The number of phenolic OH excluding ortho intramolecular Hbond substituents is 1. The van der Waals surface area contributed by atoms with Crippen molar-refractivity contribution >= 4 is 27.2 Å². The fourth-order valence-corrected chi connectivity index (χ4v) is 10.9. The summed E-state index contributed by atoms with van der Waals surface area (Å²) in [6, 6.07) is 25.0. The minimum absolute atomic E-state index is 0. The third-order valence-electron chi connectivity index (χ3n) is 17.2. The SMILES string of the molecule is CC[C@@H](C)c1cccc([C@H](C)C2CC2)c1O.CC[C@@H](C)c1cccc([C@H](C)C2CC2)c1OCCl.CC[C@@H](C)c1cccc([C@H](C)C2CC2)c1OCOP(=O)([O-])[O-].CC[C@@H](C)c1cccc([C@H](C)C2CC2)c1OCOP(=O)([O-])[O-].[Na+].[Na+].[Na+].[Na+]. The smallest absolute Gasteiger partial charge is 0.790 e. The van der Waals surface area contributed by atoms with Crippen LogP contribution in [0.15, 0.2) is 72.8 Å². The first kappa shape index (κ1) is 80.6. The molecule has 1 N–H and O–H groups in total. The van der Waals surface area contributed by atoms with E-state index in [1.165, 1.54) is 62.5 Å².